The quantitative estimate of drug-likeness (QED) is 0.742. The number of hydrogen-bond donors (Lipinski definition) is 0. The van der Waals surface area contributed by atoms with Crippen LogP contribution in [0.15, 0.2) is 76.2 Å². The van der Waals surface area contributed by atoms with E-state index in [1.165, 1.54) is 5.56 Å². The predicted octanol–water partition coefficient (Wildman–Crippen LogP) is 4.36. The fourth-order valence-electron chi connectivity index (χ4n) is 2.16. The Morgan fingerprint density at radius 2 is 2.05 bits per heavy atom. The summed E-state index contributed by atoms with van der Waals surface area (Å²) in [5.41, 5.74) is 3.49. The van der Waals surface area contributed by atoms with Crippen molar-refractivity contribution in [2.24, 2.45) is 0 Å². The molecular weight excluding hydrogens is 274 g/mol. The van der Waals surface area contributed by atoms with Gasteiger partial charge in [0.05, 0.1) is 18.3 Å². The van der Waals surface area contributed by atoms with Crippen LogP contribution >= 0.6 is 0 Å². The van der Waals surface area contributed by atoms with Gasteiger partial charge in [-0.1, -0.05) is 55.1 Å². The molecule has 0 atom stereocenters. The van der Waals surface area contributed by atoms with Gasteiger partial charge in [0, 0.05) is 0 Å². The Kier molecular flexibility index (Phi) is 5.37. The topological polar surface area (TPSA) is 35.1 Å². The Hall–Kier alpha value is -2.55. The molecule has 0 unspecified atom stereocenters. The van der Waals surface area contributed by atoms with Crippen LogP contribution < -0.4 is 5.63 Å². The highest BCUT2D eigenvalue weighted by Gasteiger charge is 2.08. The summed E-state index contributed by atoms with van der Waals surface area (Å²) in [6, 6.07) is 7.98. The smallest absolute Gasteiger partial charge is 0.336 e. The SMILES string of the molecule is C=CC(/C=C\Cc1ccc(-c2cn(CC)oc2=O)cc1)=C/C. The van der Waals surface area contributed by atoms with Gasteiger partial charge in [-0.15, -0.1) is 0 Å². The highest BCUT2D eigenvalue weighted by atomic mass is 16.5. The van der Waals surface area contributed by atoms with E-state index in [2.05, 4.69) is 18.7 Å². The van der Waals surface area contributed by atoms with Crippen molar-refractivity contribution in [2.75, 3.05) is 0 Å². The normalized spacial score (nSPS) is 12.0. The molecule has 0 saturated heterocycles. The third-order valence-corrected chi connectivity index (χ3v) is 3.50. The molecule has 114 valence electrons. The number of benzene rings is 1. The van der Waals surface area contributed by atoms with E-state index in [1.54, 1.807) is 10.9 Å². The number of allylic oxidation sites excluding steroid dienone is 5. The van der Waals surface area contributed by atoms with Crippen molar-refractivity contribution < 1.29 is 4.52 Å². The third-order valence-electron chi connectivity index (χ3n) is 3.50. The number of aromatic nitrogens is 1. The van der Waals surface area contributed by atoms with Gasteiger partial charge in [-0.3, -0.25) is 0 Å². The fraction of sp³-hybridized carbons (Fsp3) is 0.211. The van der Waals surface area contributed by atoms with Crippen LogP contribution in [0.25, 0.3) is 11.1 Å². The molecule has 0 spiro atoms. The van der Waals surface area contributed by atoms with E-state index < -0.39 is 0 Å². The van der Waals surface area contributed by atoms with Gasteiger partial charge < -0.3 is 4.52 Å². The molecule has 0 aliphatic heterocycles. The second kappa shape index (κ2) is 7.46. The van der Waals surface area contributed by atoms with Crippen LogP contribution in [0.2, 0.25) is 0 Å². The van der Waals surface area contributed by atoms with Crippen LogP contribution in [0.5, 0.6) is 0 Å². The van der Waals surface area contributed by atoms with Gasteiger partial charge in [-0.25, -0.2) is 9.53 Å². The van der Waals surface area contributed by atoms with Crippen LogP contribution in [0.4, 0.5) is 0 Å². The van der Waals surface area contributed by atoms with E-state index in [-0.39, 0.29) is 5.63 Å². The molecule has 0 saturated carbocycles. The van der Waals surface area contributed by atoms with Crippen molar-refractivity contribution in [3.63, 3.8) is 0 Å². The lowest BCUT2D eigenvalue weighted by atomic mass is 10.0. The molecule has 1 aromatic heterocycles. The van der Waals surface area contributed by atoms with E-state index >= 15 is 0 Å². The Labute approximate surface area is 130 Å². The standard InChI is InChI=1S/C19H21NO2/c1-4-15(5-2)8-7-9-16-10-12-17(13-11-16)18-14-20(6-3)22-19(18)21/h4-5,7-8,10-14H,1,6,9H2,2-3H3/b8-7-,15-5-. The first-order chi connectivity index (χ1) is 10.7. The first kappa shape index (κ1) is 15.8. The average Bonchev–Trinajstić information content (AvgIpc) is 2.93. The van der Waals surface area contributed by atoms with E-state index in [9.17, 15) is 4.79 Å². The van der Waals surface area contributed by atoms with E-state index in [1.807, 2.05) is 50.3 Å². The number of aryl methyl sites for hydroxylation is 1. The van der Waals surface area contributed by atoms with E-state index in [0.29, 0.717) is 12.1 Å². The van der Waals surface area contributed by atoms with Crippen molar-refractivity contribution in [1.82, 2.24) is 4.74 Å². The number of hydrogen-bond acceptors (Lipinski definition) is 2. The Morgan fingerprint density at radius 1 is 1.32 bits per heavy atom. The van der Waals surface area contributed by atoms with Gasteiger partial charge >= 0.3 is 5.63 Å². The molecule has 0 N–H and O–H groups in total. The first-order valence-corrected chi connectivity index (χ1v) is 7.43. The maximum absolute atomic E-state index is 11.8. The summed E-state index contributed by atoms with van der Waals surface area (Å²) < 4.78 is 6.64. The zero-order valence-electron chi connectivity index (χ0n) is 13.1. The summed E-state index contributed by atoms with van der Waals surface area (Å²) in [4.78, 5) is 11.8. The zero-order chi connectivity index (χ0) is 15.9. The van der Waals surface area contributed by atoms with Gasteiger partial charge in [0.25, 0.3) is 0 Å². The lowest BCUT2D eigenvalue weighted by Crippen LogP contribution is -1.97. The molecule has 1 heterocycles. The predicted molar refractivity (Wildman–Crippen MR) is 90.9 cm³/mol. The van der Waals surface area contributed by atoms with Crippen molar-refractivity contribution in [2.45, 2.75) is 26.8 Å². The minimum atomic E-state index is -0.293. The molecule has 0 bridgehead atoms. The van der Waals surface area contributed by atoms with Crippen LogP contribution in [0.3, 0.4) is 0 Å². The molecule has 0 fully saturated rings. The molecule has 2 rings (SSSR count). The van der Waals surface area contributed by atoms with Crippen molar-refractivity contribution in [1.29, 1.82) is 0 Å². The zero-order valence-corrected chi connectivity index (χ0v) is 13.1. The fourth-order valence-corrected chi connectivity index (χ4v) is 2.16. The minimum absolute atomic E-state index is 0.293. The Morgan fingerprint density at radius 3 is 2.59 bits per heavy atom. The largest absolute Gasteiger partial charge is 0.365 e. The molecule has 0 amide bonds. The van der Waals surface area contributed by atoms with Crippen LogP contribution in [0, 0.1) is 0 Å². The maximum atomic E-state index is 11.8. The second-order valence-electron chi connectivity index (χ2n) is 4.95. The Bertz CT molecular complexity index is 742. The van der Waals surface area contributed by atoms with E-state index in [4.69, 9.17) is 4.52 Å². The molecule has 0 aliphatic rings. The molecule has 0 radical (unpaired) electrons. The number of nitrogens with zero attached hydrogens (tertiary/aromatic N) is 1. The summed E-state index contributed by atoms with van der Waals surface area (Å²) in [6.45, 7) is 8.33. The molecule has 22 heavy (non-hydrogen) atoms. The molecule has 2 aromatic rings. The molecule has 3 heteroatoms. The Balaban J connectivity index is 2.12. The lowest BCUT2D eigenvalue weighted by Gasteiger charge is -1.99. The number of rotatable bonds is 6. The maximum Gasteiger partial charge on any atom is 0.365 e. The van der Waals surface area contributed by atoms with Gasteiger partial charge in [0.15, 0.2) is 0 Å². The molecular formula is C19H21NO2. The van der Waals surface area contributed by atoms with Crippen molar-refractivity contribution in [3.05, 3.63) is 82.9 Å². The van der Waals surface area contributed by atoms with Gasteiger partial charge in [-0.05, 0) is 37.0 Å². The van der Waals surface area contributed by atoms with Gasteiger partial charge in [-0.2, -0.15) is 0 Å². The van der Waals surface area contributed by atoms with Gasteiger partial charge in [0.1, 0.15) is 0 Å². The summed E-state index contributed by atoms with van der Waals surface area (Å²) in [7, 11) is 0. The lowest BCUT2D eigenvalue weighted by molar-refractivity contribution is 0.260. The third kappa shape index (κ3) is 3.76. The second-order valence-corrected chi connectivity index (χ2v) is 4.95. The van der Waals surface area contributed by atoms with Crippen LogP contribution in [-0.4, -0.2) is 4.74 Å². The van der Waals surface area contributed by atoms with Crippen LogP contribution in [-0.2, 0) is 13.0 Å². The summed E-state index contributed by atoms with van der Waals surface area (Å²) in [6.07, 6.45) is 10.6. The van der Waals surface area contributed by atoms with Gasteiger partial charge in [0.2, 0.25) is 0 Å². The highest BCUT2D eigenvalue weighted by molar-refractivity contribution is 5.61. The summed E-state index contributed by atoms with van der Waals surface area (Å²) in [5.74, 6) is 0. The molecule has 1 aromatic carbocycles. The van der Waals surface area contributed by atoms with Crippen LogP contribution in [0.1, 0.15) is 19.4 Å². The summed E-state index contributed by atoms with van der Waals surface area (Å²) >= 11 is 0. The molecule has 3 nitrogen and oxygen atoms in total. The molecule has 0 aliphatic carbocycles. The highest BCUT2D eigenvalue weighted by Crippen LogP contribution is 2.17. The average molecular weight is 295 g/mol. The first-order valence-electron chi connectivity index (χ1n) is 7.43. The van der Waals surface area contributed by atoms with Crippen molar-refractivity contribution >= 4 is 0 Å². The van der Waals surface area contributed by atoms with Crippen molar-refractivity contribution in [3.8, 4) is 11.1 Å². The summed E-state index contributed by atoms with van der Waals surface area (Å²) in [5, 5.41) is 0. The van der Waals surface area contributed by atoms with E-state index in [0.717, 1.165) is 17.6 Å². The monoisotopic (exact) mass is 295 g/mol. The minimum Gasteiger partial charge on any atom is -0.336 e.